The van der Waals surface area contributed by atoms with Crippen molar-refractivity contribution in [2.45, 2.75) is 19.4 Å². The maximum atomic E-state index is 11.5. The van der Waals surface area contributed by atoms with Crippen LogP contribution in [0.5, 0.6) is 5.75 Å². The lowest BCUT2D eigenvalue weighted by Crippen LogP contribution is -2.47. The zero-order chi connectivity index (χ0) is 15.3. The number of nitrogens with one attached hydrogen (secondary N) is 1. The summed E-state index contributed by atoms with van der Waals surface area (Å²) in [5.74, 6) is -1.46. The molecular weight excluding hydrogens is 286 g/mol. The lowest BCUT2D eigenvalue weighted by Gasteiger charge is -2.18. The summed E-state index contributed by atoms with van der Waals surface area (Å²) < 4.78 is 5.23. The highest BCUT2D eigenvalue weighted by Gasteiger charge is 2.30. The summed E-state index contributed by atoms with van der Waals surface area (Å²) in [6, 6.07) is 4.96. The number of rotatable bonds is 6. The van der Waals surface area contributed by atoms with Crippen LogP contribution >= 0.6 is 11.6 Å². The monoisotopic (exact) mass is 301 g/mol. The number of benzene rings is 1. The van der Waals surface area contributed by atoms with E-state index in [0.717, 1.165) is 12.5 Å². The van der Waals surface area contributed by atoms with Gasteiger partial charge in [-0.05, 0) is 37.6 Å². The van der Waals surface area contributed by atoms with E-state index in [1.165, 1.54) is 0 Å². The predicted molar refractivity (Wildman–Crippen MR) is 73.0 cm³/mol. The lowest BCUT2D eigenvalue weighted by molar-refractivity contribution is -0.156. The van der Waals surface area contributed by atoms with Gasteiger partial charge in [-0.15, -0.1) is 0 Å². The maximum Gasteiger partial charge on any atom is 0.337 e. The molecular formula is C13H16ClNO5. The molecule has 0 aliphatic rings. The molecule has 20 heavy (non-hydrogen) atoms. The number of hydrogen-bond donors (Lipinski definition) is 3. The Labute approximate surface area is 121 Å². The number of amides is 1. The van der Waals surface area contributed by atoms with E-state index in [2.05, 4.69) is 5.32 Å². The molecule has 0 fully saturated rings. The van der Waals surface area contributed by atoms with Crippen LogP contribution in [0, 0.1) is 6.92 Å². The molecule has 0 spiro atoms. The van der Waals surface area contributed by atoms with Crippen molar-refractivity contribution in [3.05, 3.63) is 28.8 Å². The fourth-order valence-corrected chi connectivity index (χ4v) is 1.37. The summed E-state index contributed by atoms with van der Waals surface area (Å²) in [5.41, 5.74) is -1.19. The average molecular weight is 302 g/mol. The molecule has 1 atom stereocenters. The Bertz CT molecular complexity index is 515. The molecule has 0 radical (unpaired) electrons. The summed E-state index contributed by atoms with van der Waals surface area (Å²) in [5, 5.41) is 21.0. The van der Waals surface area contributed by atoms with Gasteiger partial charge in [0, 0.05) is 5.02 Å². The average Bonchev–Trinajstić information content (AvgIpc) is 2.37. The molecule has 0 heterocycles. The summed E-state index contributed by atoms with van der Waals surface area (Å²) in [4.78, 5) is 22.1. The molecule has 0 aliphatic carbocycles. The smallest absolute Gasteiger partial charge is 0.337 e. The van der Waals surface area contributed by atoms with Gasteiger partial charge in [0.2, 0.25) is 0 Å². The Hall–Kier alpha value is -1.79. The van der Waals surface area contributed by atoms with Gasteiger partial charge in [-0.1, -0.05) is 11.6 Å². The number of ether oxygens (including phenoxy) is 1. The third-order valence-electron chi connectivity index (χ3n) is 2.59. The summed E-state index contributed by atoms with van der Waals surface area (Å²) in [7, 11) is 0. The number of aliphatic hydroxyl groups is 1. The Morgan fingerprint density at radius 1 is 1.45 bits per heavy atom. The van der Waals surface area contributed by atoms with Crippen LogP contribution in [-0.2, 0) is 9.59 Å². The maximum absolute atomic E-state index is 11.5. The molecule has 3 N–H and O–H groups in total. The molecule has 1 rings (SSSR count). The number of carboxylic acid groups (broad SMARTS) is 1. The minimum atomic E-state index is -2.01. The highest BCUT2D eigenvalue weighted by molar-refractivity contribution is 6.31. The van der Waals surface area contributed by atoms with Crippen LogP contribution in [0.4, 0.5) is 0 Å². The van der Waals surface area contributed by atoms with E-state index >= 15 is 0 Å². The number of halogens is 1. The molecule has 110 valence electrons. The summed E-state index contributed by atoms with van der Waals surface area (Å²) in [6.45, 7) is 2.22. The quantitative estimate of drug-likeness (QED) is 0.728. The number of carbonyl (C=O) groups excluding carboxylic acids is 1. The van der Waals surface area contributed by atoms with Gasteiger partial charge >= 0.3 is 5.97 Å². The fourth-order valence-electron chi connectivity index (χ4n) is 1.25. The van der Waals surface area contributed by atoms with E-state index in [9.17, 15) is 14.7 Å². The van der Waals surface area contributed by atoms with Gasteiger partial charge in [-0.25, -0.2) is 4.79 Å². The van der Waals surface area contributed by atoms with E-state index in [0.29, 0.717) is 10.8 Å². The highest BCUT2D eigenvalue weighted by atomic mass is 35.5. The van der Waals surface area contributed by atoms with Crippen molar-refractivity contribution in [3.8, 4) is 5.75 Å². The van der Waals surface area contributed by atoms with E-state index in [1.807, 2.05) is 0 Å². The van der Waals surface area contributed by atoms with E-state index in [1.54, 1.807) is 25.1 Å². The third kappa shape index (κ3) is 4.71. The second-order valence-electron chi connectivity index (χ2n) is 4.56. The molecule has 0 saturated carbocycles. The molecule has 0 bridgehead atoms. The third-order valence-corrected chi connectivity index (χ3v) is 3.01. The first kappa shape index (κ1) is 16.3. The molecule has 1 unspecified atom stereocenters. The van der Waals surface area contributed by atoms with Gasteiger partial charge in [0.05, 0.1) is 6.54 Å². The Kier molecular flexibility index (Phi) is 5.35. The summed E-state index contributed by atoms with van der Waals surface area (Å²) >= 11 is 5.85. The van der Waals surface area contributed by atoms with Gasteiger partial charge in [0.15, 0.2) is 12.2 Å². The molecule has 1 aromatic carbocycles. The van der Waals surface area contributed by atoms with Crippen molar-refractivity contribution in [1.82, 2.24) is 5.32 Å². The number of hydrogen-bond acceptors (Lipinski definition) is 4. The molecule has 7 heteroatoms. The molecule has 0 aromatic heterocycles. The van der Waals surface area contributed by atoms with Crippen molar-refractivity contribution >= 4 is 23.5 Å². The van der Waals surface area contributed by atoms with Gasteiger partial charge in [0.1, 0.15) is 5.75 Å². The zero-order valence-corrected chi connectivity index (χ0v) is 11.9. The van der Waals surface area contributed by atoms with Crippen molar-refractivity contribution in [2.75, 3.05) is 13.2 Å². The molecule has 0 aliphatic heterocycles. The Morgan fingerprint density at radius 3 is 2.65 bits per heavy atom. The SMILES string of the molecule is Cc1cc(OCC(=O)NCC(C)(O)C(=O)O)ccc1Cl. The predicted octanol–water partition coefficient (Wildman–Crippen LogP) is 0.979. The Morgan fingerprint density at radius 2 is 2.10 bits per heavy atom. The van der Waals surface area contributed by atoms with Crippen LogP contribution in [0.15, 0.2) is 18.2 Å². The number of aliphatic carboxylic acids is 1. The number of carbonyl (C=O) groups is 2. The highest BCUT2D eigenvalue weighted by Crippen LogP contribution is 2.20. The van der Waals surface area contributed by atoms with Crippen molar-refractivity contribution in [1.29, 1.82) is 0 Å². The van der Waals surface area contributed by atoms with E-state index in [-0.39, 0.29) is 6.61 Å². The molecule has 0 saturated heterocycles. The van der Waals surface area contributed by atoms with Crippen molar-refractivity contribution in [2.24, 2.45) is 0 Å². The van der Waals surface area contributed by atoms with Gasteiger partial charge in [-0.3, -0.25) is 4.79 Å². The summed E-state index contributed by atoms with van der Waals surface area (Å²) in [6.07, 6.45) is 0. The molecule has 6 nitrogen and oxygen atoms in total. The first-order valence-electron chi connectivity index (χ1n) is 5.84. The van der Waals surface area contributed by atoms with E-state index < -0.39 is 24.0 Å². The van der Waals surface area contributed by atoms with Crippen LogP contribution in [0.1, 0.15) is 12.5 Å². The number of carboxylic acids is 1. The van der Waals surface area contributed by atoms with Crippen molar-refractivity contribution in [3.63, 3.8) is 0 Å². The van der Waals surface area contributed by atoms with Gasteiger partial charge in [-0.2, -0.15) is 0 Å². The fraction of sp³-hybridized carbons (Fsp3) is 0.385. The zero-order valence-electron chi connectivity index (χ0n) is 11.1. The topological polar surface area (TPSA) is 95.9 Å². The van der Waals surface area contributed by atoms with Gasteiger partial charge < -0.3 is 20.3 Å². The van der Waals surface area contributed by atoms with Crippen LogP contribution in [0.2, 0.25) is 5.02 Å². The first-order chi connectivity index (χ1) is 9.22. The van der Waals surface area contributed by atoms with Crippen LogP contribution < -0.4 is 10.1 Å². The molecule has 1 aromatic rings. The minimum absolute atomic E-state index is 0.281. The number of aryl methyl sites for hydroxylation is 1. The lowest BCUT2D eigenvalue weighted by atomic mass is 10.1. The van der Waals surface area contributed by atoms with Crippen LogP contribution in [0.3, 0.4) is 0 Å². The first-order valence-corrected chi connectivity index (χ1v) is 6.21. The van der Waals surface area contributed by atoms with Crippen LogP contribution in [0.25, 0.3) is 0 Å². The van der Waals surface area contributed by atoms with E-state index in [4.69, 9.17) is 21.4 Å². The second-order valence-corrected chi connectivity index (χ2v) is 4.96. The van der Waals surface area contributed by atoms with Gasteiger partial charge in [0.25, 0.3) is 5.91 Å². The minimum Gasteiger partial charge on any atom is -0.484 e. The standard InChI is InChI=1S/C13H16ClNO5/c1-8-5-9(3-4-10(8)14)20-6-11(16)15-7-13(2,19)12(17)18/h3-5,19H,6-7H2,1-2H3,(H,15,16)(H,17,18). The van der Waals surface area contributed by atoms with Crippen molar-refractivity contribution < 1.29 is 24.5 Å². The van der Waals surface area contributed by atoms with Crippen LogP contribution in [-0.4, -0.2) is 40.8 Å². The second kappa shape index (κ2) is 6.58. The Balaban J connectivity index is 2.44. The molecule has 1 amide bonds. The largest absolute Gasteiger partial charge is 0.484 e. The normalized spacial score (nSPS) is 13.4.